The van der Waals surface area contributed by atoms with Crippen LogP contribution in [0, 0.1) is 10.1 Å². The number of aromatic nitrogens is 2. The number of benzene rings is 2. The number of hydrogen-bond donors (Lipinski definition) is 0. The fourth-order valence-electron chi connectivity index (χ4n) is 4.36. The molecule has 1 aromatic heterocycles. The van der Waals surface area contributed by atoms with Crippen LogP contribution in [0.4, 0.5) is 18.9 Å². The summed E-state index contributed by atoms with van der Waals surface area (Å²) in [6, 6.07) is 6.90. The Morgan fingerprint density at radius 3 is 2.55 bits per heavy atom. The number of rotatable bonds is 6. The number of hydrogen-bond acceptors (Lipinski definition) is 7. The van der Waals surface area contributed by atoms with Crippen molar-refractivity contribution in [1.29, 1.82) is 0 Å². The normalized spacial score (nSPS) is 14.4. The Bertz CT molecular complexity index is 1380. The van der Waals surface area contributed by atoms with Crippen LogP contribution in [0.15, 0.2) is 42.7 Å². The van der Waals surface area contributed by atoms with Crippen molar-refractivity contribution in [2.75, 3.05) is 13.7 Å². The minimum absolute atomic E-state index is 0.0224. The Morgan fingerprint density at radius 1 is 1.21 bits per heavy atom. The average Bonchev–Trinajstić information content (AvgIpc) is 3.35. The number of methoxy groups -OCH3 is 1. The van der Waals surface area contributed by atoms with Crippen LogP contribution in [0.25, 0.3) is 16.8 Å². The Morgan fingerprint density at radius 2 is 1.95 bits per heavy atom. The molecule has 0 amide bonds. The SMILES string of the molecule is COC(=O)C(OC(C)(C)C)c1c(C(F)(F)F)ccc(-n2cc([N+](=O)[O-])cn2)c1-c1ccc2c(c1)CCCO2. The van der Waals surface area contributed by atoms with Crippen molar-refractivity contribution in [1.82, 2.24) is 9.78 Å². The summed E-state index contributed by atoms with van der Waals surface area (Å²) in [7, 11) is 1.06. The molecule has 0 saturated heterocycles. The van der Waals surface area contributed by atoms with Gasteiger partial charge >= 0.3 is 17.8 Å². The van der Waals surface area contributed by atoms with Crippen molar-refractivity contribution in [3.63, 3.8) is 0 Å². The smallest absolute Gasteiger partial charge is 0.416 e. The highest BCUT2D eigenvalue weighted by molar-refractivity contribution is 5.86. The Labute approximate surface area is 216 Å². The van der Waals surface area contributed by atoms with E-state index < -0.39 is 39.9 Å². The van der Waals surface area contributed by atoms with Gasteiger partial charge in [0.2, 0.25) is 0 Å². The van der Waals surface area contributed by atoms with E-state index in [1.54, 1.807) is 39.0 Å². The number of halogens is 3. The first kappa shape index (κ1) is 27.1. The Balaban J connectivity index is 2.11. The lowest BCUT2D eigenvalue weighted by molar-refractivity contribution is -0.384. The number of ether oxygens (including phenoxy) is 3. The molecule has 0 spiro atoms. The van der Waals surface area contributed by atoms with Gasteiger partial charge in [0.1, 0.15) is 18.1 Å². The van der Waals surface area contributed by atoms with Crippen LogP contribution in [0.1, 0.15) is 50.0 Å². The third kappa shape index (κ3) is 5.49. The van der Waals surface area contributed by atoms with E-state index in [-0.39, 0.29) is 16.9 Å². The lowest BCUT2D eigenvalue weighted by Gasteiger charge is -2.30. The standard InChI is InChI=1S/C26H26F3N3O6/c1-25(2,3)38-23(24(33)36-4)22-18(26(27,28)29)8-9-19(31-14-17(13-30-31)32(34)35)21(22)16-7-10-20-15(12-16)6-5-11-37-20/h7-10,12-14,23H,5-6,11H2,1-4H3. The molecule has 4 rings (SSSR count). The summed E-state index contributed by atoms with van der Waals surface area (Å²) in [5.41, 5.74) is -1.81. The van der Waals surface area contributed by atoms with E-state index in [1.165, 1.54) is 6.07 Å². The second kappa shape index (κ2) is 10.1. The molecular weight excluding hydrogens is 507 g/mol. The van der Waals surface area contributed by atoms with Gasteiger partial charge in [0.15, 0.2) is 6.10 Å². The van der Waals surface area contributed by atoms with Crippen LogP contribution in [0.5, 0.6) is 5.75 Å². The van der Waals surface area contributed by atoms with E-state index in [9.17, 15) is 28.1 Å². The molecule has 1 atom stereocenters. The molecule has 0 aliphatic carbocycles. The fraction of sp³-hybridized carbons (Fsp3) is 0.385. The molecule has 202 valence electrons. The number of aryl methyl sites for hydroxylation is 1. The van der Waals surface area contributed by atoms with Gasteiger partial charge in [-0.25, -0.2) is 9.48 Å². The molecule has 1 aliphatic rings. The van der Waals surface area contributed by atoms with E-state index >= 15 is 0 Å². The van der Waals surface area contributed by atoms with Gasteiger partial charge in [-0.1, -0.05) is 6.07 Å². The quantitative estimate of drug-likeness (QED) is 0.223. The molecule has 3 aromatic rings. The van der Waals surface area contributed by atoms with Gasteiger partial charge in [0, 0.05) is 11.1 Å². The number of alkyl halides is 3. The van der Waals surface area contributed by atoms with Crippen LogP contribution in [0.3, 0.4) is 0 Å². The minimum atomic E-state index is -4.87. The van der Waals surface area contributed by atoms with Gasteiger partial charge in [0.25, 0.3) is 0 Å². The number of esters is 1. The molecule has 2 aromatic carbocycles. The highest BCUT2D eigenvalue weighted by atomic mass is 19.4. The summed E-state index contributed by atoms with van der Waals surface area (Å²) in [6.07, 6.45) is -3.20. The molecule has 0 N–H and O–H groups in total. The van der Waals surface area contributed by atoms with Gasteiger partial charge in [-0.15, -0.1) is 0 Å². The second-order valence-corrected chi connectivity index (χ2v) is 9.73. The monoisotopic (exact) mass is 533 g/mol. The topological polar surface area (TPSA) is 106 Å². The molecule has 12 heteroatoms. The molecule has 9 nitrogen and oxygen atoms in total. The molecule has 0 radical (unpaired) electrons. The zero-order valence-electron chi connectivity index (χ0n) is 21.2. The van der Waals surface area contributed by atoms with Gasteiger partial charge in [-0.3, -0.25) is 10.1 Å². The van der Waals surface area contributed by atoms with Crippen LogP contribution in [-0.2, 0) is 26.9 Å². The summed E-state index contributed by atoms with van der Waals surface area (Å²) >= 11 is 0. The first-order chi connectivity index (χ1) is 17.8. The zero-order valence-corrected chi connectivity index (χ0v) is 21.2. The largest absolute Gasteiger partial charge is 0.493 e. The van der Waals surface area contributed by atoms with Crippen LogP contribution >= 0.6 is 0 Å². The zero-order chi connectivity index (χ0) is 27.8. The molecule has 0 bridgehead atoms. The van der Waals surface area contributed by atoms with E-state index in [4.69, 9.17) is 14.2 Å². The summed E-state index contributed by atoms with van der Waals surface area (Å²) < 4.78 is 61.0. The summed E-state index contributed by atoms with van der Waals surface area (Å²) in [5, 5.41) is 15.3. The van der Waals surface area contributed by atoms with E-state index in [2.05, 4.69) is 5.10 Å². The maximum Gasteiger partial charge on any atom is 0.416 e. The van der Waals surface area contributed by atoms with Crippen molar-refractivity contribution >= 4 is 11.7 Å². The van der Waals surface area contributed by atoms with Crippen LogP contribution < -0.4 is 4.74 Å². The predicted octanol–water partition coefficient (Wildman–Crippen LogP) is 5.82. The lowest BCUT2D eigenvalue weighted by atomic mass is 9.88. The van der Waals surface area contributed by atoms with Gasteiger partial charge in [0.05, 0.1) is 35.5 Å². The van der Waals surface area contributed by atoms with Crippen molar-refractivity contribution in [3.05, 3.63) is 69.5 Å². The van der Waals surface area contributed by atoms with E-state index in [0.717, 1.165) is 42.2 Å². The van der Waals surface area contributed by atoms with E-state index in [1.807, 2.05) is 0 Å². The molecule has 2 heterocycles. The highest BCUT2D eigenvalue weighted by Crippen LogP contribution is 2.46. The number of nitrogens with zero attached hydrogens (tertiary/aromatic N) is 3. The Hall–Kier alpha value is -3.93. The lowest BCUT2D eigenvalue weighted by Crippen LogP contribution is -2.30. The maximum atomic E-state index is 14.5. The average molecular weight is 534 g/mol. The number of nitro groups is 1. The van der Waals surface area contributed by atoms with Crippen LogP contribution in [-0.4, -0.2) is 40.0 Å². The maximum absolute atomic E-state index is 14.5. The molecule has 0 fully saturated rings. The fourth-order valence-corrected chi connectivity index (χ4v) is 4.36. The van der Waals surface area contributed by atoms with Gasteiger partial charge in [-0.2, -0.15) is 18.3 Å². The molecule has 0 saturated carbocycles. The summed E-state index contributed by atoms with van der Waals surface area (Å²) in [5.74, 6) is -0.420. The van der Waals surface area contributed by atoms with Crippen molar-refractivity contribution in [2.24, 2.45) is 0 Å². The van der Waals surface area contributed by atoms with Crippen molar-refractivity contribution in [2.45, 2.75) is 51.5 Å². The molecular formula is C26H26F3N3O6. The van der Waals surface area contributed by atoms with Gasteiger partial charge < -0.3 is 14.2 Å². The highest BCUT2D eigenvalue weighted by Gasteiger charge is 2.42. The number of carbonyl (C=O) groups is 1. The number of carbonyl (C=O) groups excluding carboxylic acids is 1. The predicted molar refractivity (Wildman–Crippen MR) is 130 cm³/mol. The third-order valence-corrected chi connectivity index (χ3v) is 5.90. The van der Waals surface area contributed by atoms with Gasteiger partial charge in [-0.05, 0) is 69.0 Å². The Kier molecular flexibility index (Phi) is 7.20. The first-order valence-corrected chi connectivity index (χ1v) is 11.8. The minimum Gasteiger partial charge on any atom is -0.493 e. The molecule has 1 aliphatic heterocycles. The summed E-state index contributed by atoms with van der Waals surface area (Å²) in [6.45, 7) is 5.33. The molecule has 38 heavy (non-hydrogen) atoms. The first-order valence-electron chi connectivity index (χ1n) is 11.8. The molecule has 1 unspecified atom stereocenters. The summed E-state index contributed by atoms with van der Waals surface area (Å²) in [4.78, 5) is 23.6. The second-order valence-electron chi connectivity index (χ2n) is 9.73. The van der Waals surface area contributed by atoms with Crippen LogP contribution in [0.2, 0.25) is 0 Å². The van der Waals surface area contributed by atoms with Crippen molar-refractivity contribution < 1.29 is 37.1 Å². The third-order valence-electron chi connectivity index (χ3n) is 5.90. The van der Waals surface area contributed by atoms with Crippen molar-refractivity contribution in [3.8, 4) is 22.6 Å². The number of fused-ring (bicyclic) bond motifs is 1. The van der Waals surface area contributed by atoms with E-state index in [0.29, 0.717) is 24.3 Å².